The lowest BCUT2D eigenvalue weighted by atomic mass is 10.3. The van der Waals surface area contributed by atoms with Crippen LogP contribution in [0, 0.1) is 0 Å². The monoisotopic (exact) mass is 247 g/mol. The van der Waals surface area contributed by atoms with Gasteiger partial charge in [-0.1, -0.05) is 11.8 Å². The summed E-state index contributed by atoms with van der Waals surface area (Å²) < 4.78 is 0. The number of nitrogens with one attached hydrogen (secondary N) is 2. The number of nitrogens with two attached hydrogens (primary N) is 1. The minimum atomic E-state index is -0.697. The van der Waals surface area contributed by atoms with Crippen LogP contribution in [0.15, 0.2) is 0 Å². The molecule has 0 radical (unpaired) electrons. The summed E-state index contributed by atoms with van der Waals surface area (Å²) in [6.45, 7) is 3.55. The van der Waals surface area contributed by atoms with Crippen LogP contribution in [0.5, 0.6) is 0 Å². The van der Waals surface area contributed by atoms with Gasteiger partial charge in [0.1, 0.15) is 0 Å². The molecule has 7 heteroatoms. The van der Waals surface area contributed by atoms with Crippen LogP contribution in [-0.2, 0) is 14.4 Å². The molecule has 0 heterocycles. The molecule has 0 bridgehead atoms. The van der Waals surface area contributed by atoms with E-state index >= 15 is 0 Å². The molecule has 6 nitrogen and oxygen atoms in total. The van der Waals surface area contributed by atoms with Gasteiger partial charge in [0.25, 0.3) is 0 Å². The highest BCUT2D eigenvalue weighted by atomic mass is 32.2. The molecule has 0 saturated carbocycles. The lowest BCUT2D eigenvalue weighted by Crippen LogP contribution is -2.45. The number of hydrogen-bond acceptors (Lipinski definition) is 6. The second-order valence-corrected chi connectivity index (χ2v) is 4.49. The summed E-state index contributed by atoms with van der Waals surface area (Å²) >= 11 is 1.18. The number of imide groups is 1. The Morgan fingerprint density at radius 3 is 2.50 bits per heavy atom. The molecule has 0 spiro atoms. The number of hydrogen-bond donors (Lipinski definition) is 3. The molecular weight excluding hydrogens is 230 g/mol. The highest BCUT2D eigenvalue weighted by molar-refractivity contribution is 8.13. The van der Waals surface area contributed by atoms with Crippen LogP contribution < -0.4 is 16.4 Å². The Hall–Kier alpha value is -0.920. The van der Waals surface area contributed by atoms with Gasteiger partial charge in [0.05, 0.1) is 12.6 Å². The van der Waals surface area contributed by atoms with Gasteiger partial charge in [0.15, 0.2) is 5.12 Å². The lowest BCUT2D eigenvalue weighted by molar-refractivity contribution is -0.130. The van der Waals surface area contributed by atoms with E-state index in [4.69, 9.17) is 5.73 Å². The van der Waals surface area contributed by atoms with Gasteiger partial charge in [-0.25, -0.2) is 0 Å². The van der Waals surface area contributed by atoms with E-state index in [2.05, 4.69) is 10.6 Å². The molecule has 0 saturated heterocycles. The predicted molar refractivity (Wildman–Crippen MR) is 62.8 cm³/mol. The molecule has 0 aromatic rings. The highest BCUT2D eigenvalue weighted by Crippen LogP contribution is 1.97. The Morgan fingerprint density at radius 1 is 1.38 bits per heavy atom. The molecule has 2 amide bonds. The molecular formula is C9H17N3O3S. The molecule has 0 aromatic carbocycles. The molecule has 0 aliphatic rings. The van der Waals surface area contributed by atoms with Crippen molar-refractivity contribution in [2.24, 2.45) is 5.73 Å². The maximum Gasteiger partial charge on any atom is 0.243 e. The van der Waals surface area contributed by atoms with E-state index in [-0.39, 0.29) is 11.7 Å². The Bertz CT molecular complexity index is 269. The van der Waals surface area contributed by atoms with Crippen molar-refractivity contribution in [1.82, 2.24) is 10.6 Å². The Kier molecular flexibility index (Phi) is 7.78. The van der Waals surface area contributed by atoms with Gasteiger partial charge < -0.3 is 11.1 Å². The maximum absolute atomic E-state index is 11.1. The third-order valence-electron chi connectivity index (χ3n) is 1.55. The second-order valence-electron chi connectivity index (χ2n) is 3.22. The van der Waals surface area contributed by atoms with Crippen LogP contribution in [0.1, 0.15) is 13.8 Å². The van der Waals surface area contributed by atoms with Crippen LogP contribution >= 0.6 is 11.8 Å². The number of rotatable bonds is 6. The molecule has 0 aromatic heterocycles. The van der Waals surface area contributed by atoms with E-state index in [0.717, 1.165) is 0 Å². The first-order valence-electron chi connectivity index (χ1n) is 4.87. The van der Waals surface area contributed by atoms with Gasteiger partial charge >= 0.3 is 0 Å². The first-order valence-corrected chi connectivity index (χ1v) is 5.85. The zero-order valence-corrected chi connectivity index (χ0v) is 10.2. The van der Waals surface area contributed by atoms with Crippen LogP contribution in [0.2, 0.25) is 0 Å². The van der Waals surface area contributed by atoms with Crippen molar-refractivity contribution in [3.8, 4) is 0 Å². The van der Waals surface area contributed by atoms with Crippen molar-refractivity contribution in [3.05, 3.63) is 0 Å². The van der Waals surface area contributed by atoms with Gasteiger partial charge in [0, 0.05) is 19.2 Å². The normalized spacial score (nSPS) is 11.9. The molecule has 1 atom stereocenters. The summed E-state index contributed by atoms with van der Waals surface area (Å²) in [6, 6.07) is -0.697. The minimum Gasteiger partial charge on any atom is -0.320 e. The summed E-state index contributed by atoms with van der Waals surface area (Å²) in [4.78, 5) is 32.7. The molecule has 16 heavy (non-hydrogen) atoms. The molecule has 92 valence electrons. The fourth-order valence-electron chi connectivity index (χ4n) is 0.764. The number of carbonyl (C=O) groups excluding carboxylic acids is 3. The third kappa shape index (κ3) is 8.39. The first-order chi connectivity index (χ1) is 7.43. The van der Waals surface area contributed by atoms with E-state index < -0.39 is 17.9 Å². The number of carbonyl (C=O) groups is 3. The van der Waals surface area contributed by atoms with E-state index in [0.29, 0.717) is 12.3 Å². The largest absolute Gasteiger partial charge is 0.320 e. The Labute approximate surface area is 98.7 Å². The van der Waals surface area contributed by atoms with E-state index in [1.54, 1.807) is 0 Å². The average Bonchev–Trinajstić information content (AvgIpc) is 2.16. The van der Waals surface area contributed by atoms with Gasteiger partial charge in [0.2, 0.25) is 11.8 Å². The molecule has 4 N–H and O–H groups in total. The van der Waals surface area contributed by atoms with E-state index in [1.807, 2.05) is 0 Å². The van der Waals surface area contributed by atoms with Gasteiger partial charge in [-0.15, -0.1) is 0 Å². The SMILES string of the molecule is CC(=O)SCCNCC(=O)NC(=O)[C@H](C)N. The number of amides is 2. The molecule has 0 rings (SSSR count). The van der Waals surface area contributed by atoms with E-state index in [1.165, 1.54) is 25.6 Å². The standard InChI is InChI=1S/C9H17N3O3S/c1-6(10)9(15)12-8(14)5-11-3-4-16-7(2)13/h6,11H,3-5,10H2,1-2H3,(H,12,14,15)/t6-/m0/s1. The van der Waals surface area contributed by atoms with E-state index in [9.17, 15) is 14.4 Å². The van der Waals surface area contributed by atoms with Crippen LogP contribution in [0.3, 0.4) is 0 Å². The summed E-state index contributed by atoms with van der Waals surface area (Å²) in [5.41, 5.74) is 5.27. The summed E-state index contributed by atoms with van der Waals surface area (Å²) in [5.74, 6) is -0.316. The average molecular weight is 247 g/mol. The van der Waals surface area contributed by atoms with Crippen molar-refractivity contribution < 1.29 is 14.4 Å². The number of thioether (sulfide) groups is 1. The van der Waals surface area contributed by atoms with Crippen molar-refractivity contribution in [3.63, 3.8) is 0 Å². The first kappa shape index (κ1) is 15.1. The van der Waals surface area contributed by atoms with Crippen LogP contribution in [-0.4, -0.2) is 41.8 Å². The van der Waals surface area contributed by atoms with Gasteiger partial charge in [-0.3, -0.25) is 19.7 Å². The van der Waals surface area contributed by atoms with Gasteiger partial charge in [-0.05, 0) is 6.92 Å². The Morgan fingerprint density at radius 2 is 2.00 bits per heavy atom. The van der Waals surface area contributed by atoms with Gasteiger partial charge in [-0.2, -0.15) is 0 Å². The molecule has 0 aliphatic carbocycles. The highest BCUT2D eigenvalue weighted by Gasteiger charge is 2.10. The minimum absolute atomic E-state index is 0.0386. The zero-order chi connectivity index (χ0) is 12.6. The van der Waals surface area contributed by atoms with Crippen LogP contribution in [0.4, 0.5) is 0 Å². The fourth-order valence-corrected chi connectivity index (χ4v) is 1.30. The lowest BCUT2D eigenvalue weighted by Gasteiger charge is -2.07. The summed E-state index contributed by atoms with van der Waals surface area (Å²) in [5, 5.41) is 4.99. The fraction of sp³-hybridized carbons (Fsp3) is 0.667. The summed E-state index contributed by atoms with van der Waals surface area (Å²) in [6.07, 6.45) is 0. The van der Waals surface area contributed by atoms with Crippen molar-refractivity contribution in [1.29, 1.82) is 0 Å². The van der Waals surface area contributed by atoms with Crippen molar-refractivity contribution >= 4 is 28.7 Å². The van der Waals surface area contributed by atoms with Crippen molar-refractivity contribution in [2.75, 3.05) is 18.8 Å². The smallest absolute Gasteiger partial charge is 0.243 e. The topological polar surface area (TPSA) is 101 Å². The molecule has 0 unspecified atom stereocenters. The quantitative estimate of drug-likeness (QED) is 0.512. The molecule has 0 aliphatic heterocycles. The predicted octanol–water partition coefficient (Wildman–Crippen LogP) is -1.15. The zero-order valence-electron chi connectivity index (χ0n) is 9.41. The van der Waals surface area contributed by atoms with Crippen LogP contribution in [0.25, 0.3) is 0 Å². The maximum atomic E-state index is 11.1. The van der Waals surface area contributed by atoms with Crippen molar-refractivity contribution in [2.45, 2.75) is 19.9 Å². The second kappa shape index (κ2) is 8.26. The third-order valence-corrected chi connectivity index (χ3v) is 2.36. The summed E-state index contributed by atoms with van der Waals surface area (Å²) in [7, 11) is 0. The molecule has 0 fully saturated rings. The Balaban J connectivity index is 3.51.